The summed E-state index contributed by atoms with van der Waals surface area (Å²) in [6, 6.07) is 0.455. The molecule has 0 radical (unpaired) electrons. The van der Waals surface area contributed by atoms with Gasteiger partial charge in [-0.2, -0.15) is 0 Å². The predicted molar refractivity (Wildman–Crippen MR) is 46.5 cm³/mol. The molecule has 0 amide bonds. The standard InChI is InChI=1S/C8H17N3/c1-6-3-4-11(8(9)10)7(2)5-6/h6-7H,3-5H2,1-2H3,(H3,9,10). The molecule has 0 bridgehead atoms. The Morgan fingerprint density at radius 3 is 2.64 bits per heavy atom. The average Bonchev–Trinajstić information content (AvgIpc) is 1.85. The molecule has 1 aliphatic rings. The highest BCUT2D eigenvalue weighted by Gasteiger charge is 2.22. The van der Waals surface area contributed by atoms with Crippen molar-refractivity contribution in [1.82, 2.24) is 4.90 Å². The quantitative estimate of drug-likeness (QED) is 0.405. The second-order valence-electron chi connectivity index (χ2n) is 3.56. The third-order valence-corrected chi connectivity index (χ3v) is 2.45. The zero-order valence-electron chi connectivity index (χ0n) is 7.30. The highest BCUT2D eigenvalue weighted by molar-refractivity contribution is 5.75. The predicted octanol–water partition coefficient (Wildman–Crippen LogP) is 1.00. The van der Waals surface area contributed by atoms with Crippen LogP contribution in [0.3, 0.4) is 0 Å². The fourth-order valence-corrected chi connectivity index (χ4v) is 1.77. The highest BCUT2D eigenvalue weighted by Crippen LogP contribution is 2.21. The van der Waals surface area contributed by atoms with E-state index >= 15 is 0 Å². The van der Waals surface area contributed by atoms with Gasteiger partial charge in [0.05, 0.1) is 0 Å². The van der Waals surface area contributed by atoms with Crippen molar-refractivity contribution in [1.29, 1.82) is 5.41 Å². The van der Waals surface area contributed by atoms with Crippen LogP contribution in [-0.2, 0) is 0 Å². The maximum absolute atomic E-state index is 7.29. The van der Waals surface area contributed by atoms with E-state index < -0.39 is 0 Å². The molecule has 3 N–H and O–H groups in total. The molecule has 0 aromatic carbocycles. The van der Waals surface area contributed by atoms with E-state index in [1.807, 2.05) is 4.90 Å². The summed E-state index contributed by atoms with van der Waals surface area (Å²) in [6.07, 6.45) is 2.34. The number of nitrogens with one attached hydrogen (secondary N) is 1. The van der Waals surface area contributed by atoms with Crippen LogP contribution in [0.15, 0.2) is 0 Å². The number of hydrogen-bond donors (Lipinski definition) is 2. The Kier molecular flexibility index (Phi) is 2.37. The van der Waals surface area contributed by atoms with Gasteiger partial charge in [-0.1, -0.05) is 6.92 Å². The maximum Gasteiger partial charge on any atom is 0.188 e. The summed E-state index contributed by atoms with van der Waals surface area (Å²) < 4.78 is 0. The number of likely N-dealkylation sites (tertiary alicyclic amines) is 1. The Bertz CT molecular complexity index is 155. The summed E-state index contributed by atoms with van der Waals surface area (Å²) in [5, 5.41) is 7.29. The van der Waals surface area contributed by atoms with E-state index in [0.29, 0.717) is 6.04 Å². The smallest absolute Gasteiger partial charge is 0.188 e. The minimum atomic E-state index is 0.226. The van der Waals surface area contributed by atoms with Crippen LogP contribution in [0.1, 0.15) is 26.7 Å². The molecule has 1 rings (SSSR count). The number of nitrogens with zero attached hydrogens (tertiary/aromatic N) is 1. The molecular weight excluding hydrogens is 138 g/mol. The van der Waals surface area contributed by atoms with Crippen molar-refractivity contribution in [3.63, 3.8) is 0 Å². The van der Waals surface area contributed by atoms with Crippen LogP contribution >= 0.6 is 0 Å². The van der Waals surface area contributed by atoms with Gasteiger partial charge in [-0.3, -0.25) is 5.41 Å². The summed E-state index contributed by atoms with van der Waals surface area (Å²) in [4.78, 5) is 1.97. The topological polar surface area (TPSA) is 53.1 Å². The third-order valence-electron chi connectivity index (χ3n) is 2.45. The zero-order valence-corrected chi connectivity index (χ0v) is 7.30. The number of hydrogen-bond acceptors (Lipinski definition) is 1. The van der Waals surface area contributed by atoms with Crippen LogP contribution in [0.4, 0.5) is 0 Å². The molecule has 0 aliphatic carbocycles. The summed E-state index contributed by atoms with van der Waals surface area (Å²) in [7, 11) is 0. The molecule has 0 aromatic rings. The lowest BCUT2D eigenvalue weighted by Gasteiger charge is -2.36. The monoisotopic (exact) mass is 155 g/mol. The van der Waals surface area contributed by atoms with E-state index in [1.54, 1.807) is 0 Å². The van der Waals surface area contributed by atoms with E-state index in [4.69, 9.17) is 11.1 Å². The van der Waals surface area contributed by atoms with Crippen molar-refractivity contribution in [3.8, 4) is 0 Å². The average molecular weight is 155 g/mol. The van der Waals surface area contributed by atoms with Crippen molar-refractivity contribution in [2.24, 2.45) is 11.7 Å². The lowest BCUT2D eigenvalue weighted by Crippen LogP contribution is -2.47. The molecule has 64 valence electrons. The SMILES string of the molecule is CC1CCN(C(=N)N)C(C)C1. The summed E-state index contributed by atoms with van der Waals surface area (Å²) in [6.45, 7) is 5.35. The number of rotatable bonds is 0. The van der Waals surface area contributed by atoms with Crippen LogP contribution in [0.5, 0.6) is 0 Å². The summed E-state index contributed by atoms with van der Waals surface area (Å²) in [5.74, 6) is 1.02. The van der Waals surface area contributed by atoms with E-state index in [1.165, 1.54) is 12.8 Å². The van der Waals surface area contributed by atoms with Gasteiger partial charge < -0.3 is 10.6 Å². The van der Waals surface area contributed by atoms with Crippen LogP contribution < -0.4 is 5.73 Å². The minimum absolute atomic E-state index is 0.226. The Labute approximate surface area is 68.1 Å². The van der Waals surface area contributed by atoms with Crippen molar-refractivity contribution < 1.29 is 0 Å². The van der Waals surface area contributed by atoms with Crippen LogP contribution in [-0.4, -0.2) is 23.4 Å². The normalized spacial score (nSPS) is 32.0. The van der Waals surface area contributed by atoms with Gasteiger partial charge in [0.25, 0.3) is 0 Å². The van der Waals surface area contributed by atoms with Gasteiger partial charge >= 0.3 is 0 Å². The molecule has 3 nitrogen and oxygen atoms in total. The number of nitrogens with two attached hydrogens (primary N) is 1. The summed E-state index contributed by atoms with van der Waals surface area (Å²) >= 11 is 0. The van der Waals surface area contributed by atoms with Gasteiger partial charge in [-0.25, -0.2) is 0 Å². The molecule has 3 heteroatoms. The van der Waals surface area contributed by atoms with Gasteiger partial charge in [0, 0.05) is 12.6 Å². The largest absolute Gasteiger partial charge is 0.370 e. The first kappa shape index (κ1) is 8.37. The van der Waals surface area contributed by atoms with Gasteiger partial charge in [0.2, 0.25) is 0 Å². The Morgan fingerprint density at radius 1 is 1.55 bits per heavy atom. The fourth-order valence-electron chi connectivity index (χ4n) is 1.77. The van der Waals surface area contributed by atoms with Crippen molar-refractivity contribution in [2.45, 2.75) is 32.7 Å². The number of piperidine rings is 1. The van der Waals surface area contributed by atoms with Crippen molar-refractivity contribution >= 4 is 5.96 Å². The van der Waals surface area contributed by atoms with Gasteiger partial charge in [-0.05, 0) is 25.7 Å². The zero-order chi connectivity index (χ0) is 8.43. The van der Waals surface area contributed by atoms with Crippen LogP contribution in [0, 0.1) is 11.3 Å². The Morgan fingerprint density at radius 2 is 2.18 bits per heavy atom. The molecular formula is C8H17N3. The van der Waals surface area contributed by atoms with E-state index in [0.717, 1.165) is 12.5 Å². The van der Waals surface area contributed by atoms with Crippen molar-refractivity contribution in [2.75, 3.05) is 6.54 Å². The first-order valence-electron chi connectivity index (χ1n) is 4.22. The molecule has 11 heavy (non-hydrogen) atoms. The molecule has 1 heterocycles. The van der Waals surface area contributed by atoms with Gasteiger partial charge in [0.15, 0.2) is 5.96 Å². The van der Waals surface area contributed by atoms with Crippen LogP contribution in [0.2, 0.25) is 0 Å². The van der Waals surface area contributed by atoms with E-state index in [-0.39, 0.29) is 5.96 Å². The maximum atomic E-state index is 7.29. The molecule has 1 saturated heterocycles. The fraction of sp³-hybridized carbons (Fsp3) is 0.875. The molecule has 0 spiro atoms. The third kappa shape index (κ3) is 1.85. The first-order chi connectivity index (χ1) is 5.11. The molecule has 1 aliphatic heterocycles. The highest BCUT2D eigenvalue weighted by atomic mass is 15.3. The molecule has 1 fully saturated rings. The first-order valence-corrected chi connectivity index (χ1v) is 4.22. The Balaban J connectivity index is 2.50. The lowest BCUT2D eigenvalue weighted by molar-refractivity contribution is 0.207. The van der Waals surface area contributed by atoms with E-state index in [9.17, 15) is 0 Å². The molecule has 0 aromatic heterocycles. The second-order valence-corrected chi connectivity index (χ2v) is 3.56. The molecule has 2 atom stereocenters. The molecule has 2 unspecified atom stereocenters. The second kappa shape index (κ2) is 3.11. The Hall–Kier alpha value is -0.730. The number of guanidine groups is 1. The lowest BCUT2D eigenvalue weighted by atomic mass is 9.94. The van der Waals surface area contributed by atoms with Gasteiger partial charge in [-0.15, -0.1) is 0 Å². The summed E-state index contributed by atoms with van der Waals surface area (Å²) in [5.41, 5.74) is 5.41. The van der Waals surface area contributed by atoms with Crippen molar-refractivity contribution in [3.05, 3.63) is 0 Å². The van der Waals surface area contributed by atoms with Crippen LogP contribution in [0.25, 0.3) is 0 Å². The van der Waals surface area contributed by atoms with E-state index in [2.05, 4.69) is 13.8 Å². The van der Waals surface area contributed by atoms with Gasteiger partial charge in [0.1, 0.15) is 0 Å². The minimum Gasteiger partial charge on any atom is -0.370 e. The molecule has 0 saturated carbocycles.